The van der Waals surface area contributed by atoms with Gasteiger partial charge >= 0.3 is 0 Å². The van der Waals surface area contributed by atoms with Crippen LogP contribution in [0.3, 0.4) is 0 Å². The molecule has 0 fully saturated rings. The molecule has 0 bridgehead atoms. The SMILES string of the molecule is CN(C(=O)c1ccc(C#Cc2ccccc2)cn1)C(C)(C)C. The normalized spacial score (nSPS) is 10.5. The minimum Gasteiger partial charge on any atom is -0.336 e. The molecule has 0 radical (unpaired) electrons. The van der Waals surface area contributed by atoms with Crippen LogP contribution >= 0.6 is 0 Å². The first-order valence-corrected chi connectivity index (χ1v) is 7.19. The lowest BCUT2D eigenvalue weighted by Gasteiger charge is -2.31. The third-order valence-corrected chi connectivity index (χ3v) is 3.42. The number of hydrogen-bond acceptors (Lipinski definition) is 2. The molecule has 112 valence electrons. The molecule has 0 aliphatic rings. The van der Waals surface area contributed by atoms with Crippen LogP contribution in [0.25, 0.3) is 0 Å². The molecule has 0 saturated carbocycles. The second kappa shape index (κ2) is 6.44. The van der Waals surface area contributed by atoms with E-state index in [1.54, 1.807) is 24.2 Å². The Morgan fingerprint density at radius 2 is 1.64 bits per heavy atom. The lowest BCUT2D eigenvalue weighted by molar-refractivity contribution is 0.0649. The van der Waals surface area contributed by atoms with Crippen molar-refractivity contribution in [3.63, 3.8) is 0 Å². The summed E-state index contributed by atoms with van der Waals surface area (Å²) in [6.07, 6.45) is 1.64. The van der Waals surface area contributed by atoms with Crippen molar-refractivity contribution in [3.8, 4) is 11.8 Å². The van der Waals surface area contributed by atoms with Crippen LogP contribution in [-0.4, -0.2) is 28.4 Å². The number of carbonyl (C=O) groups excluding carboxylic acids is 1. The van der Waals surface area contributed by atoms with Crippen molar-refractivity contribution in [1.82, 2.24) is 9.88 Å². The Kier molecular flexibility index (Phi) is 4.62. The first kappa shape index (κ1) is 15.8. The molecule has 1 amide bonds. The Bertz CT molecular complexity index is 701. The van der Waals surface area contributed by atoms with Gasteiger partial charge in [0.1, 0.15) is 5.69 Å². The summed E-state index contributed by atoms with van der Waals surface area (Å²) in [5.74, 6) is 6.03. The van der Waals surface area contributed by atoms with E-state index in [1.165, 1.54) is 0 Å². The van der Waals surface area contributed by atoms with Gasteiger partial charge in [-0.1, -0.05) is 30.0 Å². The van der Waals surface area contributed by atoms with Gasteiger partial charge < -0.3 is 4.90 Å². The van der Waals surface area contributed by atoms with Crippen molar-refractivity contribution in [2.24, 2.45) is 0 Å². The Hall–Kier alpha value is -2.60. The van der Waals surface area contributed by atoms with Crippen molar-refractivity contribution in [2.45, 2.75) is 26.3 Å². The van der Waals surface area contributed by atoms with Gasteiger partial charge in [0, 0.05) is 29.9 Å². The number of benzene rings is 1. The number of aromatic nitrogens is 1. The first-order chi connectivity index (χ1) is 10.4. The molecular weight excluding hydrogens is 272 g/mol. The fourth-order valence-electron chi connectivity index (χ4n) is 1.74. The number of carbonyl (C=O) groups is 1. The molecule has 0 saturated heterocycles. The van der Waals surface area contributed by atoms with Crippen molar-refractivity contribution in [3.05, 3.63) is 65.5 Å². The van der Waals surface area contributed by atoms with Crippen molar-refractivity contribution >= 4 is 5.91 Å². The third kappa shape index (κ3) is 3.95. The van der Waals surface area contributed by atoms with Gasteiger partial charge in [0.05, 0.1) is 0 Å². The zero-order valence-corrected chi connectivity index (χ0v) is 13.4. The maximum Gasteiger partial charge on any atom is 0.272 e. The molecule has 0 N–H and O–H groups in total. The van der Waals surface area contributed by atoms with Gasteiger partial charge in [0.25, 0.3) is 5.91 Å². The van der Waals surface area contributed by atoms with Gasteiger partial charge in [-0.05, 0) is 45.0 Å². The summed E-state index contributed by atoms with van der Waals surface area (Å²) < 4.78 is 0. The first-order valence-electron chi connectivity index (χ1n) is 7.19. The lowest BCUT2D eigenvalue weighted by atomic mass is 10.1. The second-order valence-electron chi connectivity index (χ2n) is 6.08. The zero-order chi connectivity index (χ0) is 16.2. The van der Waals surface area contributed by atoms with Crippen LogP contribution in [0.5, 0.6) is 0 Å². The van der Waals surface area contributed by atoms with Gasteiger partial charge in [0.2, 0.25) is 0 Å². The molecule has 3 nitrogen and oxygen atoms in total. The summed E-state index contributed by atoms with van der Waals surface area (Å²) in [6, 6.07) is 13.3. The van der Waals surface area contributed by atoms with Gasteiger partial charge in [-0.2, -0.15) is 0 Å². The van der Waals surface area contributed by atoms with Crippen molar-refractivity contribution in [2.75, 3.05) is 7.05 Å². The summed E-state index contributed by atoms with van der Waals surface area (Å²) in [5.41, 5.74) is 1.95. The molecule has 2 aromatic rings. The number of nitrogens with zero attached hydrogens (tertiary/aromatic N) is 2. The maximum absolute atomic E-state index is 12.3. The average Bonchev–Trinajstić information content (AvgIpc) is 2.52. The molecule has 22 heavy (non-hydrogen) atoms. The molecule has 2 rings (SSSR count). The highest BCUT2D eigenvalue weighted by Gasteiger charge is 2.23. The highest BCUT2D eigenvalue weighted by molar-refractivity contribution is 5.92. The van der Waals surface area contributed by atoms with Crippen LogP contribution in [0.15, 0.2) is 48.7 Å². The Balaban J connectivity index is 2.15. The van der Waals surface area contributed by atoms with Gasteiger partial charge in [0.15, 0.2) is 0 Å². The van der Waals surface area contributed by atoms with Crippen LogP contribution in [0.1, 0.15) is 42.4 Å². The zero-order valence-electron chi connectivity index (χ0n) is 13.4. The minimum absolute atomic E-state index is 0.0879. The standard InChI is InChI=1S/C19H20N2O/c1-19(2,3)21(4)18(22)17-13-12-16(14-20-17)11-10-15-8-6-5-7-9-15/h5-9,12-14H,1-4H3. The Labute approximate surface area is 132 Å². The molecule has 3 heteroatoms. The molecule has 1 heterocycles. The molecule has 0 unspecified atom stereocenters. The van der Waals surface area contributed by atoms with Crippen LogP contribution in [-0.2, 0) is 0 Å². The van der Waals surface area contributed by atoms with Gasteiger partial charge in [-0.15, -0.1) is 0 Å². The van der Waals surface area contributed by atoms with Gasteiger partial charge in [-0.25, -0.2) is 4.98 Å². The highest BCUT2D eigenvalue weighted by atomic mass is 16.2. The van der Waals surface area contributed by atoms with E-state index < -0.39 is 0 Å². The summed E-state index contributed by atoms with van der Waals surface area (Å²) in [5, 5.41) is 0. The fraction of sp³-hybridized carbons (Fsp3) is 0.263. The fourth-order valence-corrected chi connectivity index (χ4v) is 1.74. The quantitative estimate of drug-likeness (QED) is 0.755. The van der Waals surface area contributed by atoms with Crippen molar-refractivity contribution < 1.29 is 4.79 Å². The van der Waals surface area contributed by atoms with Crippen LogP contribution in [0, 0.1) is 11.8 Å². The minimum atomic E-state index is -0.232. The molecule has 0 atom stereocenters. The topological polar surface area (TPSA) is 33.2 Å². The highest BCUT2D eigenvalue weighted by Crippen LogP contribution is 2.14. The lowest BCUT2D eigenvalue weighted by Crippen LogP contribution is -2.42. The van der Waals surface area contributed by atoms with E-state index in [-0.39, 0.29) is 11.4 Å². The summed E-state index contributed by atoms with van der Waals surface area (Å²) in [7, 11) is 1.78. The monoisotopic (exact) mass is 292 g/mol. The Morgan fingerprint density at radius 3 is 2.18 bits per heavy atom. The molecule has 1 aromatic heterocycles. The number of hydrogen-bond donors (Lipinski definition) is 0. The molecular formula is C19H20N2O. The van der Waals surface area contributed by atoms with Crippen molar-refractivity contribution in [1.29, 1.82) is 0 Å². The summed E-state index contributed by atoms with van der Waals surface area (Å²) >= 11 is 0. The van der Waals surface area contributed by atoms with Gasteiger partial charge in [-0.3, -0.25) is 4.79 Å². The van der Waals surface area contributed by atoms with E-state index in [2.05, 4.69) is 16.8 Å². The molecule has 0 aliphatic heterocycles. The van der Waals surface area contributed by atoms with E-state index in [4.69, 9.17) is 0 Å². The smallest absolute Gasteiger partial charge is 0.272 e. The molecule has 0 aliphatic carbocycles. The van der Waals surface area contributed by atoms with E-state index in [0.29, 0.717) is 5.69 Å². The van der Waals surface area contributed by atoms with E-state index in [9.17, 15) is 4.79 Å². The summed E-state index contributed by atoms with van der Waals surface area (Å²) in [6.45, 7) is 5.97. The predicted octanol–water partition coefficient (Wildman–Crippen LogP) is 3.35. The number of amides is 1. The van der Waals surface area contributed by atoms with Crippen LogP contribution in [0.2, 0.25) is 0 Å². The third-order valence-electron chi connectivity index (χ3n) is 3.42. The largest absolute Gasteiger partial charge is 0.336 e. The number of pyridine rings is 1. The van der Waals surface area contributed by atoms with Crippen LogP contribution in [0.4, 0.5) is 0 Å². The van der Waals surface area contributed by atoms with E-state index >= 15 is 0 Å². The predicted molar refractivity (Wildman–Crippen MR) is 88.5 cm³/mol. The Morgan fingerprint density at radius 1 is 1.00 bits per heavy atom. The molecule has 0 spiro atoms. The number of rotatable bonds is 1. The maximum atomic E-state index is 12.3. The second-order valence-corrected chi connectivity index (χ2v) is 6.08. The summed E-state index contributed by atoms with van der Waals surface area (Å²) in [4.78, 5) is 18.2. The van der Waals surface area contributed by atoms with Crippen LogP contribution < -0.4 is 0 Å². The van der Waals surface area contributed by atoms with E-state index in [1.807, 2.05) is 57.2 Å². The average molecular weight is 292 g/mol. The molecule has 1 aromatic carbocycles. The van der Waals surface area contributed by atoms with E-state index in [0.717, 1.165) is 11.1 Å².